The van der Waals surface area contributed by atoms with Crippen LogP contribution in [0.1, 0.15) is 0 Å². The molecular weight excluding hydrogens is 504 g/mol. The maximum absolute atomic E-state index is 4.95. The predicted molar refractivity (Wildman–Crippen MR) is 171 cm³/mol. The summed E-state index contributed by atoms with van der Waals surface area (Å²) in [7, 11) is 0. The van der Waals surface area contributed by atoms with Crippen LogP contribution in [0.15, 0.2) is 121 Å². The molecule has 6 aromatic carbocycles. The summed E-state index contributed by atoms with van der Waals surface area (Å²) < 4.78 is 5.08. The monoisotopic (exact) mass is 524 g/mol. The van der Waals surface area contributed by atoms with Crippen molar-refractivity contribution in [1.29, 1.82) is 0 Å². The van der Waals surface area contributed by atoms with Gasteiger partial charge in [0.25, 0.3) is 0 Å². The highest BCUT2D eigenvalue weighted by Gasteiger charge is 2.26. The maximum Gasteiger partial charge on any atom is 0.0888 e. The molecule has 1 aliphatic carbocycles. The molecule has 3 heterocycles. The van der Waals surface area contributed by atoms with Gasteiger partial charge in [0.2, 0.25) is 0 Å². The van der Waals surface area contributed by atoms with Gasteiger partial charge in [0.1, 0.15) is 0 Å². The Balaban J connectivity index is 1.49. The van der Waals surface area contributed by atoms with E-state index < -0.39 is 0 Å². The minimum absolute atomic E-state index is 1.09. The molecule has 0 bridgehead atoms. The Labute approximate surface area is 233 Å². The van der Waals surface area contributed by atoms with Crippen molar-refractivity contribution in [1.82, 2.24) is 9.55 Å². The number of aromatic nitrogens is 2. The highest BCUT2D eigenvalue weighted by molar-refractivity contribution is 7.26. The standard InChI is InChI=1S/C37H20N2S/c1-2-10-22-21(9-1)23-13-7-14-25-30(19-18-24(22)32(23)25)39-29-16-5-3-11-26(29)33-28-15-8-20-38-35(28)37-34(36(33)39)27-12-4-6-17-31(27)40-37/h1-20H. The van der Waals surface area contributed by atoms with E-state index in [4.69, 9.17) is 4.98 Å². The molecule has 3 heteroatoms. The minimum Gasteiger partial charge on any atom is -0.308 e. The first-order valence-corrected chi connectivity index (χ1v) is 14.5. The summed E-state index contributed by atoms with van der Waals surface area (Å²) in [6.07, 6.45) is 1.93. The van der Waals surface area contributed by atoms with Crippen LogP contribution in [0.5, 0.6) is 0 Å². The molecule has 0 fully saturated rings. The van der Waals surface area contributed by atoms with Gasteiger partial charge in [-0.25, -0.2) is 0 Å². The molecule has 0 saturated heterocycles. The lowest BCUT2D eigenvalue weighted by atomic mass is 10.0. The van der Waals surface area contributed by atoms with Crippen LogP contribution in [-0.4, -0.2) is 9.55 Å². The Morgan fingerprint density at radius 2 is 1.20 bits per heavy atom. The molecule has 0 aliphatic heterocycles. The molecule has 0 unspecified atom stereocenters. The molecular formula is C37H20N2S. The molecule has 40 heavy (non-hydrogen) atoms. The fourth-order valence-corrected chi connectivity index (χ4v) is 8.44. The Bertz CT molecular complexity index is 2520. The summed E-state index contributed by atoms with van der Waals surface area (Å²) in [5.74, 6) is 0. The van der Waals surface area contributed by atoms with Crippen LogP contribution < -0.4 is 0 Å². The molecule has 2 nitrogen and oxygen atoms in total. The van der Waals surface area contributed by atoms with Gasteiger partial charge in [0.05, 0.1) is 26.9 Å². The van der Waals surface area contributed by atoms with Gasteiger partial charge in [-0.2, -0.15) is 0 Å². The van der Waals surface area contributed by atoms with Gasteiger partial charge in [-0.1, -0.05) is 91.0 Å². The van der Waals surface area contributed by atoms with Crippen LogP contribution in [0.4, 0.5) is 0 Å². The molecule has 3 aromatic heterocycles. The van der Waals surface area contributed by atoms with Crippen LogP contribution in [0.3, 0.4) is 0 Å². The number of thiophene rings is 1. The van der Waals surface area contributed by atoms with Crippen LogP contribution in [0.25, 0.3) is 91.6 Å². The van der Waals surface area contributed by atoms with E-state index in [0.717, 1.165) is 5.52 Å². The molecule has 184 valence electrons. The van der Waals surface area contributed by atoms with Crippen LogP contribution in [0.2, 0.25) is 0 Å². The van der Waals surface area contributed by atoms with Gasteiger partial charge in [0, 0.05) is 43.2 Å². The van der Waals surface area contributed by atoms with Gasteiger partial charge in [-0.3, -0.25) is 4.98 Å². The molecule has 1 aliphatic rings. The number of para-hydroxylation sites is 1. The smallest absolute Gasteiger partial charge is 0.0888 e. The van der Waals surface area contributed by atoms with Gasteiger partial charge < -0.3 is 4.57 Å². The average Bonchev–Trinajstić information content (AvgIpc) is 3.67. The number of hydrogen-bond acceptors (Lipinski definition) is 2. The van der Waals surface area contributed by atoms with Crippen LogP contribution in [-0.2, 0) is 0 Å². The van der Waals surface area contributed by atoms with Gasteiger partial charge >= 0.3 is 0 Å². The third kappa shape index (κ3) is 2.43. The number of nitrogens with zero attached hydrogens (tertiary/aromatic N) is 2. The van der Waals surface area contributed by atoms with Crippen LogP contribution >= 0.6 is 11.3 Å². The zero-order valence-corrected chi connectivity index (χ0v) is 22.2. The largest absolute Gasteiger partial charge is 0.308 e. The first-order chi connectivity index (χ1) is 19.9. The van der Waals surface area contributed by atoms with Crippen molar-refractivity contribution in [3.05, 3.63) is 121 Å². The zero-order chi connectivity index (χ0) is 25.9. The average molecular weight is 525 g/mol. The summed E-state index contributed by atoms with van der Waals surface area (Å²) >= 11 is 1.85. The first kappa shape index (κ1) is 20.9. The van der Waals surface area contributed by atoms with Crippen molar-refractivity contribution < 1.29 is 0 Å². The second-order valence-corrected chi connectivity index (χ2v) is 11.7. The van der Waals surface area contributed by atoms with E-state index in [2.05, 4.69) is 120 Å². The van der Waals surface area contributed by atoms with E-state index >= 15 is 0 Å². The number of benzene rings is 6. The number of pyridine rings is 1. The minimum atomic E-state index is 1.09. The Kier molecular flexibility index (Phi) is 3.84. The Morgan fingerprint density at radius 3 is 2.10 bits per heavy atom. The van der Waals surface area contributed by atoms with E-state index in [-0.39, 0.29) is 0 Å². The lowest BCUT2D eigenvalue weighted by Crippen LogP contribution is -1.96. The summed E-state index contributed by atoms with van der Waals surface area (Å²) in [6, 6.07) is 42.3. The highest BCUT2D eigenvalue weighted by Crippen LogP contribution is 2.51. The second kappa shape index (κ2) is 7.35. The SMILES string of the molecule is c1ccc2c(c1)-c1cccc3c(-n4c5ccccc5c5c6cccnc6c6sc7ccccc7c6c54)ccc-2c13. The summed E-state index contributed by atoms with van der Waals surface area (Å²) in [5.41, 5.74) is 10.1. The summed E-state index contributed by atoms with van der Waals surface area (Å²) in [4.78, 5) is 4.95. The topological polar surface area (TPSA) is 17.8 Å². The quantitative estimate of drug-likeness (QED) is 0.209. The molecule has 0 atom stereocenters. The summed E-state index contributed by atoms with van der Waals surface area (Å²) in [6.45, 7) is 0. The normalized spacial score (nSPS) is 12.5. The van der Waals surface area contributed by atoms with Crippen molar-refractivity contribution in [2.45, 2.75) is 0 Å². The number of hydrogen-bond donors (Lipinski definition) is 0. The third-order valence-corrected chi connectivity index (χ3v) is 9.94. The second-order valence-electron chi connectivity index (χ2n) is 10.7. The maximum atomic E-state index is 4.95. The predicted octanol–water partition coefficient (Wildman–Crippen LogP) is 10.5. The molecule has 0 saturated carbocycles. The number of fused-ring (bicyclic) bond motifs is 13. The molecule has 10 rings (SSSR count). The fraction of sp³-hybridized carbons (Fsp3) is 0. The lowest BCUT2D eigenvalue weighted by Gasteiger charge is -2.14. The molecule has 0 radical (unpaired) electrons. The van der Waals surface area contributed by atoms with E-state index in [0.29, 0.717) is 0 Å². The zero-order valence-electron chi connectivity index (χ0n) is 21.3. The van der Waals surface area contributed by atoms with Crippen molar-refractivity contribution in [2.75, 3.05) is 0 Å². The van der Waals surface area contributed by atoms with E-state index in [1.54, 1.807) is 0 Å². The van der Waals surface area contributed by atoms with Gasteiger partial charge in [-0.05, 0) is 51.9 Å². The van der Waals surface area contributed by atoms with Gasteiger partial charge in [0.15, 0.2) is 0 Å². The third-order valence-electron chi connectivity index (χ3n) is 8.77. The van der Waals surface area contributed by atoms with Crippen molar-refractivity contribution in [2.24, 2.45) is 0 Å². The Hall–Kier alpha value is -4.99. The van der Waals surface area contributed by atoms with E-state index in [1.165, 1.54) is 86.1 Å². The van der Waals surface area contributed by atoms with E-state index in [1.807, 2.05) is 17.5 Å². The molecule has 9 aromatic rings. The molecule has 0 N–H and O–H groups in total. The van der Waals surface area contributed by atoms with Crippen molar-refractivity contribution in [3.63, 3.8) is 0 Å². The number of rotatable bonds is 1. The first-order valence-electron chi connectivity index (χ1n) is 13.7. The molecule has 0 spiro atoms. The van der Waals surface area contributed by atoms with Crippen LogP contribution in [0, 0.1) is 0 Å². The summed E-state index contributed by atoms with van der Waals surface area (Å²) in [5, 5.41) is 8.98. The van der Waals surface area contributed by atoms with Crippen molar-refractivity contribution >= 4 is 75.0 Å². The highest BCUT2D eigenvalue weighted by atomic mass is 32.1. The lowest BCUT2D eigenvalue weighted by molar-refractivity contribution is 1.21. The Morgan fingerprint density at radius 1 is 0.500 bits per heavy atom. The fourth-order valence-electron chi connectivity index (χ4n) is 7.22. The van der Waals surface area contributed by atoms with E-state index in [9.17, 15) is 0 Å². The molecule has 0 amide bonds. The van der Waals surface area contributed by atoms with Crippen molar-refractivity contribution in [3.8, 4) is 27.9 Å². The van der Waals surface area contributed by atoms with Gasteiger partial charge in [-0.15, -0.1) is 11.3 Å².